The van der Waals surface area contributed by atoms with E-state index in [-0.39, 0.29) is 5.56 Å². The second-order valence-corrected chi connectivity index (χ2v) is 4.42. The third-order valence-corrected chi connectivity index (χ3v) is 2.98. The third-order valence-electron chi connectivity index (χ3n) is 2.98. The molecule has 0 radical (unpaired) electrons. The smallest absolute Gasteiger partial charge is 0.256 e. The van der Waals surface area contributed by atoms with Crippen molar-refractivity contribution in [3.63, 3.8) is 0 Å². The van der Waals surface area contributed by atoms with Crippen molar-refractivity contribution < 1.29 is 0 Å². The van der Waals surface area contributed by atoms with E-state index in [1.165, 1.54) is 0 Å². The molecular weight excluding hydrogens is 236 g/mol. The van der Waals surface area contributed by atoms with Gasteiger partial charge in [-0.05, 0) is 37.1 Å². The monoisotopic (exact) mass is 252 g/mol. The largest absolute Gasteiger partial charge is 0.269 e. The first-order valence-electron chi connectivity index (χ1n) is 6.03. The SMILES string of the molecule is C=Cc1nc(-n2cc(C)ccc2=O)cc(C)c1C=C. The van der Waals surface area contributed by atoms with Crippen LogP contribution in [0.3, 0.4) is 0 Å². The van der Waals surface area contributed by atoms with Crippen molar-refractivity contribution in [2.45, 2.75) is 13.8 Å². The van der Waals surface area contributed by atoms with E-state index in [0.717, 1.165) is 22.4 Å². The Morgan fingerprint density at radius 1 is 1.21 bits per heavy atom. The van der Waals surface area contributed by atoms with Crippen molar-refractivity contribution in [2.75, 3.05) is 0 Å². The summed E-state index contributed by atoms with van der Waals surface area (Å²) in [6, 6.07) is 5.21. The molecule has 3 nitrogen and oxygen atoms in total. The van der Waals surface area contributed by atoms with Crippen LogP contribution in [0.5, 0.6) is 0 Å². The molecule has 0 spiro atoms. The average molecular weight is 252 g/mol. The molecule has 0 fully saturated rings. The standard InChI is InChI=1S/C16H16N2O/c1-5-13-12(4)9-15(17-14(13)6-2)18-10-11(3)7-8-16(18)19/h5-10H,1-2H2,3-4H3. The first-order valence-corrected chi connectivity index (χ1v) is 6.03. The molecule has 0 aliphatic heterocycles. The van der Waals surface area contributed by atoms with Crippen LogP contribution in [-0.2, 0) is 0 Å². The summed E-state index contributed by atoms with van der Waals surface area (Å²) in [5, 5.41) is 0. The van der Waals surface area contributed by atoms with E-state index in [2.05, 4.69) is 18.1 Å². The van der Waals surface area contributed by atoms with Gasteiger partial charge in [0.15, 0.2) is 0 Å². The van der Waals surface area contributed by atoms with Gasteiger partial charge in [-0.1, -0.05) is 25.3 Å². The van der Waals surface area contributed by atoms with Crippen LogP contribution in [0.15, 0.2) is 42.3 Å². The van der Waals surface area contributed by atoms with Crippen LogP contribution in [0, 0.1) is 13.8 Å². The Balaban J connectivity index is 2.73. The lowest BCUT2D eigenvalue weighted by Crippen LogP contribution is -2.18. The van der Waals surface area contributed by atoms with Gasteiger partial charge in [-0.3, -0.25) is 9.36 Å². The molecule has 2 aromatic heterocycles. The minimum absolute atomic E-state index is 0.0983. The number of aryl methyl sites for hydroxylation is 2. The molecule has 0 atom stereocenters. The van der Waals surface area contributed by atoms with Crippen LogP contribution in [-0.4, -0.2) is 9.55 Å². The highest BCUT2D eigenvalue weighted by atomic mass is 16.1. The summed E-state index contributed by atoms with van der Waals surface area (Å²) in [7, 11) is 0. The Kier molecular flexibility index (Phi) is 3.47. The molecule has 0 saturated carbocycles. The van der Waals surface area contributed by atoms with Gasteiger partial charge in [0, 0.05) is 17.8 Å². The van der Waals surface area contributed by atoms with Gasteiger partial charge in [0.1, 0.15) is 5.82 Å². The van der Waals surface area contributed by atoms with E-state index in [4.69, 9.17) is 0 Å². The van der Waals surface area contributed by atoms with Crippen molar-refractivity contribution in [3.05, 3.63) is 70.3 Å². The molecule has 96 valence electrons. The molecule has 0 aliphatic carbocycles. The van der Waals surface area contributed by atoms with E-state index in [1.54, 1.807) is 35.0 Å². The molecule has 19 heavy (non-hydrogen) atoms. The summed E-state index contributed by atoms with van der Waals surface area (Å²) in [6.45, 7) is 11.4. The number of pyridine rings is 2. The fourth-order valence-corrected chi connectivity index (χ4v) is 2.01. The van der Waals surface area contributed by atoms with Crippen LogP contribution in [0.4, 0.5) is 0 Å². The van der Waals surface area contributed by atoms with Gasteiger partial charge < -0.3 is 0 Å². The molecule has 0 N–H and O–H groups in total. The van der Waals surface area contributed by atoms with Gasteiger partial charge >= 0.3 is 0 Å². The van der Waals surface area contributed by atoms with Gasteiger partial charge in [0.25, 0.3) is 5.56 Å². The molecular formula is C16H16N2O. The first kappa shape index (κ1) is 13.0. The van der Waals surface area contributed by atoms with Crippen molar-refractivity contribution in [2.24, 2.45) is 0 Å². The molecule has 2 heterocycles. The second kappa shape index (κ2) is 5.06. The predicted octanol–water partition coefficient (Wildman–Crippen LogP) is 3.14. The Morgan fingerprint density at radius 3 is 2.58 bits per heavy atom. The lowest BCUT2D eigenvalue weighted by molar-refractivity contribution is 0.924. The lowest BCUT2D eigenvalue weighted by Gasteiger charge is -2.11. The van der Waals surface area contributed by atoms with Crippen LogP contribution >= 0.6 is 0 Å². The van der Waals surface area contributed by atoms with Crippen molar-refractivity contribution in [1.29, 1.82) is 0 Å². The van der Waals surface area contributed by atoms with E-state index in [9.17, 15) is 4.79 Å². The number of hydrogen-bond donors (Lipinski definition) is 0. The number of hydrogen-bond acceptors (Lipinski definition) is 2. The highest BCUT2D eigenvalue weighted by molar-refractivity contribution is 5.64. The van der Waals surface area contributed by atoms with Crippen molar-refractivity contribution in [3.8, 4) is 5.82 Å². The minimum atomic E-state index is -0.0983. The first-order chi connectivity index (χ1) is 9.06. The van der Waals surface area contributed by atoms with Crippen molar-refractivity contribution >= 4 is 12.2 Å². The number of aromatic nitrogens is 2. The van der Waals surface area contributed by atoms with E-state index in [1.807, 2.05) is 19.9 Å². The lowest BCUT2D eigenvalue weighted by atomic mass is 10.1. The highest BCUT2D eigenvalue weighted by Crippen LogP contribution is 2.18. The maximum absolute atomic E-state index is 11.9. The molecule has 0 amide bonds. The summed E-state index contributed by atoms with van der Waals surface area (Å²) in [6.07, 6.45) is 5.21. The van der Waals surface area contributed by atoms with Crippen LogP contribution in [0.2, 0.25) is 0 Å². The van der Waals surface area contributed by atoms with Crippen LogP contribution in [0.25, 0.3) is 18.0 Å². The number of rotatable bonds is 3. The van der Waals surface area contributed by atoms with E-state index in [0.29, 0.717) is 5.82 Å². The zero-order valence-electron chi connectivity index (χ0n) is 11.2. The molecule has 2 aromatic rings. The summed E-state index contributed by atoms with van der Waals surface area (Å²) in [5.74, 6) is 0.603. The molecule has 0 aromatic carbocycles. The fourth-order valence-electron chi connectivity index (χ4n) is 2.01. The number of nitrogens with zero attached hydrogens (tertiary/aromatic N) is 2. The Morgan fingerprint density at radius 2 is 1.95 bits per heavy atom. The zero-order chi connectivity index (χ0) is 14.0. The van der Waals surface area contributed by atoms with Gasteiger partial charge in [-0.15, -0.1) is 0 Å². The molecule has 0 aliphatic rings. The maximum Gasteiger partial charge on any atom is 0.256 e. The molecule has 0 bridgehead atoms. The third kappa shape index (κ3) is 2.40. The topological polar surface area (TPSA) is 34.9 Å². The summed E-state index contributed by atoms with van der Waals surface area (Å²) in [5.41, 5.74) is 3.60. The fraction of sp³-hybridized carbons (Fsp3) is 0.125. The minimum Gasteiger partial charge on any atom is -0.269 e. The van der Waals surface area contributed by atoms with Crippen LogP contribution < -0.4 is 5.56 Å². The predicted molar refractivity (Wildman–Crippen MR) is 79.5 cm³/mol. The normalized spacial score (nSPS) is 10.2. The summed E-state index contributed by atoms with van der Waals surface area (Å²) >= 11 is 0. The Bertz CT molecular complexity index is 711. The highest BCUT2D eigenvalue weighted by Gasteiger charge is 2.07. The zero-order valence-corrected chi connectivity index (χ0v) is 11.2. The van der Waals surface area contributed by atoms with Gasteiger partial charge in [-0.2, -0.15) is 0 Å². The van der Waals surface area contributed by atoms with E-state index >= 15 is 0 Å². The quantitative estimate of drug-likeness (QED) is 0.841. The van der Waals surface area contributed by atoms with Gasteiger partial charge in [0.2, 0.25) is 0 Å². The second-order valence-electron chi connectivity index (χ2n) is 4.42. The molecule has 0 unspecified atom stereocenters. The maximum atomic E-state index is 11.9. The molecule has 3 heteroatoms. The molecule has 0 saturated heterocycles. The summed E-state index contributed by atoms with van der Waals surface area (Å²) in [4.78, 5) is 16.4. The Labute approximate surface area is 112 Å². The van der Waals surface area contributed by atoms with Gasteiger partial charge in [-0.25, -0.2) is 4.98 Å². The van der Waals surface area contributed by atoms with E-state index < -0.39 is 0 Å². The summed E-state index contributed by atoms with van der Waals surface area (Å²) < 4.78 is 1.54. The molecule has 2 rings (SSSR count). The Hall–Kier alpha value is -2.42. The van der Waals surface area contributed by atoms with Crippen molar-refractivity contribution in [1.82, 2.24) is 9.55 Å². The average Bonchev–Trinajstić information content (AvgIpc) is 2.40. The van der Waals surface area contributed by atoms with Crippen LogP contribution in [0.1, 0.15) is 22.4 Å². The van der Waals surface area contributed by atoms with Gasteiger partial charge in [0.05, 0.1) is 5.69 Å².